The van der Waals surface area contributed by atoms with E-state index >= 15 is 0 Å². The molecule has 1 aliphatic heterocycles. The molecule has 1 aliphatic carbocycles. The van der Waals surface area contributed by atoms with Crippen LogP contribution in [0.25, 0.3) is 0 Å². The van der Waals surface area contributed by atoms with Crippen molar-refractivity contribution in [3.8, 4) is 5.88 Å². The van der Waals surface area contributed by atoms with Gasteiger partial charge in [0.25, 0.3) is 5.91 Å². The second-order valence-corrected chi connectivity index (χ2v) is 8.29. The van der Waals surface area contributed by atoms with Gasteiger partial charge in [-0.25, -0.2) is 4.98 Å². The number of likely N-dealkylation sites (tertiary alicyclic amines) is 1. The molecule has 0 spiro atoms. The van der Waals surface area contributed by atoms with Crippen molar-refractivity contribution in [1.29, 1.82) is 0 Å². The Morgan fingerprint density at radius 3 is 2.58 bits per heavy atom. The number of halogens is 3. The van der Waals surface area contributed by atoms with Crippen LogP contribution in [0.2, 0.25) is 0 Å². The number of aliphatic hydroxyl groups is 1. The number of nitrogens with zero attached hydrogens (tertiary/aromatic N) is 2. The predicted molar refractivity (Wildman–Crippen MR) is 108 cm³/mol. The van der Waals surface area contributed by atoms with E-state index in [4.69, 9.17) is 0 Å². The molecule has 1 amide bonds. The summed E-state index contributed by atoms with van der Waals surface area (Å²) < 4.78 is 41.5. The summed E-state index contributed by atoms with van der Waals surface area (Å²) in [5, 5.41) is 11.6. The van der Waals surface area contributed by atoms with Crippen molar-refractivity contribution in [2.45, 2.75) is 49.9 Å². The van der Waals surface area contributed by atoms with Crippen LogP contribution in [0.4, 0.5) is 13.2 Å². The highest BCUT2D eigenvalue weighted by Gasteiger charge is 2.50. The number of benzene rings is 1. The lowest BCUT2D eigenvalue weighted by atomic mass is 9.66. The third kappa shape index (κ3) is 4.54. The molecule has 4 rings (SSSR count). The zero-order valence-corrected chi connectivity index (χ0v) is 17.0. The molecule has 2 heterocycles. The Kier molecular flexibility index (Phi) is 5.92. The number of carbonyl (C=O) groups excluding carboxylic acids is 1. The Morgan fingerprint density at radius 1 is 1.16 bits per heavy atom. The zero-order valence-electron chi connectivity index (χ0n) is 17.0. The lowest BCUT2D eigenvalue weighted by molar-refractivity contribution is -0.154. The van der Waals surface area contributed by atoms with Crippen molar-refractivity contribution in [1.82, 2.24) is 9.88 Å². The van der Waals surface area contributed by atoms with Crippen LogP contribution >= 0.6 is 0 Å². The number of alkyl halides is 3. The van der Waals surface area contributed by atoms with Gasteiger partial charge in [-0.15, -0.1) is 0 Å². The van der Waals surface area contributed by atoms with Crippen molar-refractivity contribution in [2.75, 3.05) is 13.2 Å². The molecule has 2 aromatic rings. The van der Waals surface area contributed by atoms with E-state index in [0.717, 1.165) is 31.2 Å². The van der Waals surface area contributed by atoms with Gasteiger partial charge in [0.1, 0.15) is 0 Å². The second kappa shape index (κ2) is 8.49. The second-order valence-electron chi connectivity index (χ2n) is 8.29. The summed E-state index contributed by atoms with van der Waals surface area (Å²) in [6.07, 6.45) is 0.876. The average molecular weight is 434 g/mol. The first-order valence-corrected chi connectivity index (χ1v) is 10.5. The van der Waals surface area contributed by atoms with Crippen LogP contribution in [-0.2, 0) is 5.60 Å². The van der Waals surface area contributed by atoms with Gasteiger partial charge in [0, 0.05) is 30.8 Å². The zero-order chi connectivity index (χ0) is 22.1. The molecule has 5 nitrogen and oxygen atoms in total. The SMILES string of the molecule is O=C(c1ccc(OCC(F)(F)F)nc1)N1CC[C@@](O)(c2ccccc2)[C@@H]2CCCCC21. The molecule has 1 saturated heterocycles. The predicted octanol–water partition coefficient (Wildman–Crippen LogP) is 4.32. The van der Waals surface area contributed by atoms with Gasteiger partial charge >= 0.3 is 6.18 Å². The van der Waals surface area contributed by atoms with Crippen LogP contribution in [0.1, 0.15) is 48.0 Å². The van der Waals surface area contributed by atoms with E-state index in [-0.39, 0.29) is 23.7 Å². The molecule has 31 heavy (non-hydrogen) atoms. The van der Waals surface area contributed by atoms with Gasteiger partial charge in [0.2, 0.25) is 5.88 Å². The Bertz CT molecular complexity index is 905. The average Bonchev–Trinajstić information content (AvgIpc) is 2.78. The quantitative estimate of drug-likeness (QED) is 0.779. The largest absolute Gasteiger partial charge is 0.468 e. The summed E-state index contributed by atoms with van der Waals surface area (Å²) in [6, 6.07) is 12.2. The number of aromatic nitrogens is 1. The van der Waals surface area contributed by atoms with Crippen LogP contribution in [0.15, 0.2) is 48.7 Å². The smallest absolute Gasteiger partial charge is 0.422 e. The molecular weight excluding hydrogens is 409 g/mol. The first-order valence-electron chi connectivity index (χ1n) is 10.5. The van der Waals surface area contributed by atoms with Crippen LogP contribution in [-0.4, -0.2) is 46.3 Å². The Labute approximate surface area is 178 Å². The molecule has 1 aromatic carbocycles. The monoisotopic (exact) mass is 434 g/mol. The Balaban J connectivity index is 1.52. The molecule has 8 heteroatoms. The Morgan fingerprint density at radius 2 is 1.90 bits per heavy atom. The standard InChI is InChI=1S/C23H25F3N2O3/c24-23(25,26)15-31-20-11-10-16(14-27-20)21(29)28-13-12-22(30,17-6-2-1-3-7-17)18-8-4-5-9-19(18)28/h1-3,6-7,10-11,14,18-19,30H,4-5,8-9,12-13,15H2/t18-,19?,22-/m1/s1. The number of ether oxygens (including phenoxy) is 1. The van der Waals surface area contributed by atoms with Crippen molar-refractivity contribution in [3.05, 3.63) is 59.8 Å². The number of hydrogen-bond acceptors (Lipinski definition) is 4. The van der Waals surface area contributed by atoms with E-state index in [2.05, 4.69) is 9.72 Å². The molecule has 2 fully saturated rings. The van der Waals surface area contributed by atoms with Gasteiger partial charge < -0.3 is 14.7 Å². The summed E-state index contributed by atoms with van der Waals surface area (Å²) in [5.41, 5.74) is 0.206. The van der Waals surface area contributed by atoms with E-state index in [1.165, 1.54) is 18.3 Å². The van der Waals surface area contributed by atoms with E-state index in [1.54, 1.807) is 4.90 Å². The molecular formula is C23H25F3N2O3. The molecule has 1 aromatic heterocycles. The molecule has 1 saturated carbocycles. The molecule has 3 atom stereocenters. The lowest BCUT2D eigenvalue weighted by Crippen LogP contribution is -2.59. The fraction of sp³-hybridized carbons (Fsp3) is 0.478. The fourth-order valence-corrected chi connectivity index (χ4v) is 4.93. The van der Waals surface area contributed by atoms with E-state index in [9.17, 15) is 23.1 Å². The maximum atomic E-state index is 13.2. The summed E-state index contributed by atoms with van der Waals surface area (Å²) in [6.45, 7) is -1.03. The van der Waals surface area contributed by atoms with Gasteiger partial charge in [-0.1, -0.05) is 43.2 Å². The minimum atomic E-state index is -4.45. The van der Waals surface area contributed by atoms with Crippen LogP contribution < -0.4 is 4.74 Å². The van der Waals surface area contributed by atoms with Crippen molar-refractivity contribution in [2.24, 2.45) is 5.92 Å². The third-order valence-electron chi connectivity index (χ3n) is 6.38. The molecule has 0 bridgehead atoms. The van der Waals surface area contributed by atoms with Gasteiger partial charge in [-0.2, -0.15) is 13.2 Å². The number of carbonyl (C=O) groups is 1. The first-order chi connectivity index (χ1) is 14.8. The first kappa shape index (κ1) is 21.6. The van der Waals surface area contributed by atoms with E-state index in [1.807, 2.05) is 30.3 Å². The van der Waals surface area contributed by atoms with Gasteiger partial charge in [0.15, 0.2) is 6.61 Å². The maximum absolute atomic E-state index is 13.2. The van der Waals surface area contributed by atoms with E-state index < -0.39 is 18.4 Å². The summed E-state index contributed by atoms with van der Waals surface area (Å²) >= 11 is 0. The summed E-state index contributed by atoms with van der Waals surface area (Å²) in [4.78, 5) is 18.9. The molecule has 1 unspecified atom stereocenters. The van der Waals surface area contributed by atoms with Gasteiger partial charge in [-0.3, -0.25) is 4.79 Å². The minimum absolute atomic E-state index is 0.0660. The Hall–Kier alpha value is -2.61. The molecule has 1 N–H and O–H groups in total. The summed E-state index contributed by atoms with van der Waals surface area (Å²) in [5.74, 6) is -0.466. The number of pyridine rings is 1. The van der Waals surface area contributed by atoms with Crippen molar-refractivity contribution < 1.29 is 27.8 Å². The highest BCUT2D eigenvalue weighted by Crippen LogP contribution is 2.47. The topological polar surface area (TPSA) is 62.7 Å². The number of hydrogen-bond donors (Lipinski definition) is 1. The van der Waals surface area contributed by atoms with Crippen LogP contribution in [0, 0.1) is 5.92 Å². The number of piperidine rings is 1. The van der Waals surface area contributed by atoms with E-state index in [0.29, 0.717) is 18.5 Å². The number of amides is 1. The highest BCUT2D eigenvalue weighted by molar-refractivity contribution is 5.94. The summed E-state index contributed by atoms with van der Waals surface area (Å²) in [7, 11) is 0. The van der Waals surface area contributed by atoms with Crippen molar-refractivity contribution in [3.63, 3.8) is 0 Å². The molecule has 166 valence electrons. The molecule has 0 radical (unpaired) electrons. The van der Waals surface area contributed by atoms with Crippen LogP contribution in [0.3, 0.4) is 0 Å². The maximum Gasteiger partial charge on any atom is 0.422 e. The van der Waals surface area contributed by atoms with Gasteiger partial charge in [-0.05, 0) is 30.9 Å². The number of rotatable bonds is 4. The minimum Gasteiger partial charge on any atom is -0.468 e. The molecule has 2 aliphatic rings. The lowest BCUT2D eigenvalue weighted by Gasteiger charge is -2.52. The van der Waals surface area contributed by atoms with Gasteiger partial charge in [0.05, 0.1) is 11.2 Å². The highest BCUT2D eigenvalue weighted by atomic mass is 19.4. The van der Waals surface area contributed by atoms with Crippen LogP contribution in [0.5, 0.6) is 5.88 Å². The van der Waals surface area contributed by atoms with Crippen molar-refractivity contribution >= 4 is 5.91 Å². The number of fused-ring (bicyclic) bond motifs is 1. The fourth-order valence-electron chi connectivity index (χ4n) is 4.93. The third-order valence-corrected chi connectivity index (χ3v) is 6.38. The normalized spacial score (nSPS) is 26.3.